The zero-order valence-corrected chi connectivity index (χ0v) is 13.8. The Bertz CT molecular complexity index is 888. The van der Waals surface area contributed by atoms with E-state index in [9.17, 15) is 9.90 Å². The normalized spacial score (nSPS) is 12.1. The number of aromatic amines is 1. The Hall–Kier alpha value is -2.58. The van der Waals surface area contributed by atoms with Crippen LogP contribution in [0.4, 0.5) is 0 Å². The van der Waals surface area contributed by atoms with Crippen LogP contribution in [-0.2, 0) is 6.54 Å². The number of imidazole rings is 1. The first-order valence-electron chi connectivity index (χ1n) is 7.44. The summed E-state index contributed by atoms with van der Waals surface area (Å²) in [6.45, 7) is 0.314. The highest BCUT2D eigenvalue weighted by Gasteiger charge is 2.11. The van der Waals surface area contributed by atoms with Crippen LogP contribution in [-0.4, -0.2) is 19.9 Å². The number of halogens is 1. The Morgan fingerprint density at radius 1 is 1.12 bits per heavy atom. The number of hydrogen-bond donors (Lipinski definition) is 4. The number of H-pyrrole nitrogens is 1. The Balaban J connectivity index is 1.69. The topological polar surface area (TPSA) is 99.5 Å². The Labute approximate surface area is 148 Å². The molecule has 0 spiro atoms. The highest BCUT2D eigenvalue weighted by Crippen LogP contribution is 2.23. The molecule has 3 aromatic rings. The molecule has 0 fully saturated rings. The van der Waals surface area contributed by atoms with Crippen molar-refractivity contribution in [3.8, 4) is 11.5 Å². The first-order chi connectivity index (χ1) is 12.0. The molecule has 3 rings (SSSR count). The quantitative estimate of drug-likeness (QED) is 0.399. The molecule has 0 amide bonds. The van der Waals surface area contributed by atoms with Crippen molar-refractivity contribution in [2.75, 3.05) is 0 Å². The number of aliphatic hydroxyl groups excluding tert-OH is 1. The van der Waals surface area contributed by atoms with Crippen molar-refractivity contribution in [3.63, 3.8) is 0 Å². The first-order valence-corrected chi connectivity index (χ1v) is 7.82. The van der Waals surface area contributed by atoms with Crippen LogP contribution in [0.1, 0.15) is 17.5 Å². The second-order valence-electron chi connectivity index (χ2n) is 5.37. The summed E-state index contributed by atoms with van der Waals surface area (Å²) < 4.78 is 7.10. The van der Waals surface area contributed by atoms with E-state index in [0.29, 0.717) is 23.1 Å². The minimum atomic E-state index is -1.34. The SMILES string of the molecule is O=c1[nH]c(C(O)NO)cn1Cc1ccc(Oc2ccc(Cl)cc2)cc1. The lowest BCUT2D eigenvalue weighted by Crippen LogP contribution is -2.18. The van der Waals surface area contributed by atoms with E-state index < -0.39 is 6.23 Å². The van der Waals surface area contributed by atoms with Crippen molar-refractivity contribution in [2.45, 2.75) is 12.8 Å². The zero-order valence-electron chi connectivity index (χ0n) is 13.0. The van der Waals surface area contributed by atoms with Gasteiger partial charge in [0.1, 0.15) is 11.5 Å². The Morgan fingerprint density at radius 2 is 1.72 bits per heavy atom. The van der Waals surface area contributed by atoms with Gasteiger partial charge >= 0.3 is 5.69 Å². The van der Waals surface area contributed by atoms with E-state index in [1.807, 2.05) is 12.1 Å². The fourth-order valence-electron chi connectivity index (χ4n) is 2.28. The van der Waals surface area contributed by atoms with E-state index in [4.69, 9.17) is 21.5 Å². The lowest BCUT2D eigenvalue weighted by Gasteiger charge is -2.07. The maximum atomic E-state index is 11.9. The van der Waals surface area contributed by atoms with Crippen LogP contribution in [0.3, 0.4) is 0 Å². The molecule has 0 aliphatic rings. The molecular weight excluding hydrogens is 346 g/mol. The van der Waals surface area contributed by atoms with Crippen LogP contribution < -0.4 is 15.9 Å². The van der Waals surface area contributed by atoms with E-state index >= 15 is 0 Å². The van der Waals surface area contributed by atoms with Gasteiger partial charge in [0.05, 0.1) is 12.2 Å². The molecule has 130 valence electrons. The molecule has 2 aromatic carbocycles. The molecular formula is C17H16ClN3O4. The monoisotopic (exact) mass is 361 g/mol. The maximum Gasteiger partial charge on any atom is 0.326 e. The standard InChI is InChI=1S/C17H16ClN3O4/c18-12-3-7-14(8-4-12)25-13-5-1-11(2-6-13)9-21-10-15(16(22)20-24)19-17(21)23/h1-8,10,16,20,22,24H,9H2,(H,19,23). The summed E-state index contributed by atoms with van der Waals surface area (Å²) in [7, 11) is 0. The number of benzene rings is 2. The maximum absolute atomic E-state index is 11.9. The van der Waals surface area contributed by atoms with E-state index in [2.05, 4.69) is 4.98 Å². The highest BCUT2D eigenvalue weighted by atomic mass is 35.5. The summed E-state index contributed by atoms with van der Waals surface area (Å²) in [5.74, 6) is 1.34. The van der Waals surface area contributed by atoms with Crippen molar-refractivity contribution >= 4 is 11.6 Å². The molecule has 1 heterocycles. The fraction of sp³-hybridized carbons (Fsp3) is 0.118. The van der Waals surface area contributed by atoms with E-state index in [1.54, 1.807) is 41.9 Å². The number of hydrogen-bond acceptors (Lipinski definition) is 5. The average molecular weight is 362 g/mol. The third kappa shape index (κ3) is 4.28. The highest BCUT2D eigenvalue weighted by molar-refractivity contribution is 6.30. The second-order valence-corrected chi connectivity index (χ2v) is 5.81. The van der Waals surface area contributed by atoms with Gasteiger partial charge in [0.25, 0.3) is 0 Å². The Morgan fingerprint density at radius 3 is 2.32 bits per heavy atom. The predicted octanol–water partition coefficient (Wildman–Crippen LogP) is 2.64. The third-order valence-electron chi connectivity index (χ3n) is 3.55. The van der Waals surface area contributed by atoms with Gasteiger partial charge < -0.3 is 20.0 Å². The van der Waals surface area contributed by atoms with Gasteiger partial charge in [-0.3, -0.25) is 4.57 Å². The van der Waals surface area contributed by atoms with Gasteiger partial charge in [0.2, 0.25) is 0 Å². The predicted molar refractivity (Wildman–Crippen MR) is 92.0 cm³/mol. The summed E-state index contributed by atoms with van der Waals surface area (Å²) in [4.78, 5) is 14.3. The number of nitrogens with zero attached hydrogens (tertiary/aromatic N) is 1. The van der Waals surface area contributed by atoms with E-state index in [-0.39, 0.29) is 11.4 Å². The van der Waals surface area contributed by atoms with Crippen molar-refractivity contribution in [2.24, 2.45) is 0 Å². The number of rotatable bonds is 6. The van der Waals surface area contributed by atoms with Gasteiger partial charge in [0.15, 0.2) is 6.23 Å². The molecule has 8 heteroatoms. The van der Waals surface area contributed by atoms with Crippen LogP contribution in [0.5, 0.6) is 11.5 Å². The second kappa shape index (κ2) is 7.54. The zero-order chi connectivity index (χ0) is 17.8. The number of aromatic nitrogens is 2. The summed E-state index contributed by atoms with van der Waals surface area (Å²) in [5.41, 5.74) is 2.34. The number of nitrogens with one attached hydrogen (secondary N) is 2. The number of hydroxylamine groups is 1. The molecule has 0 saturated carbocycles. The van der Waals surface area contributed by atoms with Crippen molar-refractivity contribution < 1.29 is 15.1 Å². The van der Waals surface area contributed by atoms with Gasteiger partial charge in [-0.05, 0) is 42.0 Å². The first kappa shape index (κ1) is 17.2. The molecule has 4 N–H and O–H groups in total. The molecule has 1 unspecified atom stereocenters. The van der Waals surface area contributed by atoms with Crippen LogP contribution in [0, 0.1) is 0 Å². The molecule has 1 atom stereocenters. The van der Waals surface area contributed by atoms with Crippen molar-refractivity contribution in [3.05, 3.63) is 81.5 Å². The minimum Gasteiger partial charge on any atom is -0.457 e. The fourth-order valence-corrected chi connectivity index (χ4v) is 2.40. The molecule has 25 heavy (non-hydrogen) atoms. The summed E-state index contributed by atoms with van der Waals surface area (Å²) in [5, 5.41) is 18.8. The van der Waals surface area contributed by atoms with Crippen molar-refractivity contribution in [1.29, 1.82) is 0 Å². The van der Waals surface area contributed by atoms with Gasteiger partial charge in [-0.25, -0.2) is 4.79 Å². The van der Waals surface area contributed by atoms with Gasteiger partial charge in [-0.1, -0.05) is 23.7 Å². The van der Waals surface area contributed by atoms with Gasteiger partial charge in [-0.15, -0.1) is 0 Å². The molecule has 0 bridgehead atoms. The summed E-state index contributed by atoms with van der Waals surface area (Å²) >= 11 is 5.84. The minimum absolute atomic E-state index is 0.176. The molecule has 0 saturated heterocycles. The molecule has 0 aliphatic heterocycles. The third-order valence-corrected chi connectivity index (χ3v) is 3.80. The smallest absolute Gasteiger partial charge is 0.326 e. The molecule has 1 aromatic heterocycles. The largest absolute Gasteiger partial charge is 0.457 e. The van der Waals surface area contributed by atoms with Crippen LogP contribution in [0.2, 0.25) is 5.02 Å². The van der Waals surface area contributed by atoms with Gasteiger partial charge in [0, 0.05) is 11.2 Å². The summed E-state index contributed by atoms with van der Waals surface area (Å²) in [6.07, 6.45) is 0.0954. The lowest BCUT2D eigenvalue weighted by atomic mass is 10.2. The lowest BCUT2D eigenvalue weighted by molar-refractivity contribution is -0.00174. The average Bonchev–Trinajstić information content (AvgIpc) is 2.98. The van der Waals surface area contributed by atoms with E-state index in [0.717, 1.165) is 5.56 Å². The van der Waals surface area contributed by atoms with Crippen LogP contribution in [0.15, 0.2) is 59.5 Å². The molecule has 0 radical (unpaired) electrons. The number of aliphatic hydroxyl groups is 1. The van der Waals surface area contributed by atoms with Gasteiger partial charge in [-0.2, -0.15) is 5.48 Å². The van der Waals surface area contributed by atoms with Crippen molar-refractivity contribution in [1.82, 2.24) is 15.0 Å². The Kier molecular flexibility index (Phi) is 5.20. The summed E-state index contributed by atoms with van der Waals surface area (Å²) in [6, 6.07) is 14.3. The molecule has 0 aliphatic carbocycles. The molecule has 7 nitrogen and oxygen atoms in total. The van der Waals surface area contributed by atoms with E-state index in [1.165, 1.54) is 10.8 Å². The van der Waals surface area contributed by atoms with Crippen LogP contribution >= 0.6 is 11.6 Å². The number of ether oxygens (including phenoxy) is 1. The van der Waals surface area contributed by atoms with Crippen LogP contribution in [0.25, 0.3) is 0 Å².